The molecule has 1 aliphatic rings. The lowest BCUT2D eigenvalue weighted by Crippen LogP contribution is -2.31. The summed E-state index contributed by atoms with van der Waals surface area (Å²) in [5.74, 6) is -0.735. The maximum Gasteiger partial charge on any atom is 0.248 e. The fourth-order valence-corrected chi connectivity index (χ4v) is 5.14. The van der Waals surface area contributed by atoms with Crippen LogP contribution in [0.5, 0.6) is 0 Å². The van der Waals surface area contributed by atoms with Gasteiger partial charge in [-0.3, -0.25) is 9.59 Å². The molecule has 0 atom stereocenters. The summed E-state index contributed by atoms with van der Waals surface area (Å²) in [6.45, 7) is 1.55. The first-order valence-electron chi connectivity index (χ1n) is 10.8. The third kappa shape index (κ3) is 6.51. The highest BCUT2D eigenvalue weighted by Gasteiger charge is 2.24. The quantitative estimate of drug-likeness (QED) is 0.597. The van der Waals surface area contributed by atoms with Crippen molar-refractivity contribution in [1.29, 1.82) is 0 Å². The Morgan fingerprint density at radius 1 is 1.00 bits per heavy atom. The Bertz CT molecular complexity index is 1070. The van der Waals surface area contributed by atoms with Gasteiger partial charge in [-0.25, -0.2) is 8.42 Å². The summed E-state index contributed by atoms with van der Waals surface area (Å²) in [6.07, 6.45) is 7.56. The molecule has 1 saturated heterocycles. The number of hydrogen-bond donors (Lipinski definition) is 2. The Balaban J connectivity index is 1.52. The summed E-state index contributed by atoms with van der Waals surface area (Å²) in [5, 5.41) is 2.79. The SMILES string of the molecule is NC(=O)c1cccc(CCNC(=O)/C=C/c2ccc(S(=O)(=O)N3CCCCCC3)cc2)c1. The molecule has 1 heterocycles. The predicted molar refractivity (Wildman–Crippen MR) is 124 cm³/mol. The van der Waals surface area contributed by atoms with Crippen LogP contribution in [0.25, 0.3) is 6.08 Å². The number of carbonyl (C=O) groups is 2. The Kier molecular flexibility index (Phi) is 8.19. The van der Waals surface area contributed by atoms with Crippen LogP contribution < -0.4 is 11.1 Å². The van der Waals surface area contributed by atoms with Crippen molar-refractivity contribution in [3.05, 3.63) is 71.3 Å². The number of hydrogen-bond acceptors (Lipinski definition) is 4. The zero-order chi connectivity index (χ0) is 23.0. The highest BCUT2D eigenvalue weighted by atomic mass is 32.2. The van der Waals surface area contributed by atoms with E-state index in [4.69, 9.17) is 5.73 Å². The standard InChI is InChI=1S/C24H29N3O4S/c25-24(29)21-7-5-6-20(18-21)14-15-26-23(28)13-10-19-8-11-22(12-9-19)32(30,31)27-16-3-1-2-4-17-27/h5-13,18H,1-4,14-17H2,(H2,25,29)(H,26,28)/b13-10+. The van der Waals surface area contributed by atoms with Crippen LogP contribution in [-0.4, -0.2) is 44.2 Å². The van der Waals surface area contributed by atoms with Crippen LogP contribution >= 0.6 is 0 Å². The van der Waals surface area contributed by atoms with Crippen LogP contribution in [0.4, 0.5) is 0 Å². The molecule has 3 N–H and O–H groups in total. The topological polar surface area (TPSA) is 110 Å². The van der Waals surface area contributed by atoms with Gasteiger partial charge < -0.3 is 11.1 Å². The van der Waals surface area contributed by atoms with Crippen molar-refractivity contribution < 1.29 is 18.0 Å². The number of sulfonamides is 1. The molecule has 32 heavy (non-hydrogen) atoms. The number of rotatable bonds is 8. The number of carbonyl (C=O) groups excluding carboxylic acids is 2. The lowest BCUT2D eigenvalue weighted by molar-refractivity contribution is -0.116. The van der Waals surface area contributed by atoms with Crippen LogP contribution in [-0.2, 0) is 21.2 Å². The van der Waals surface area contributed by atoms with E-state index in [0.29, 0.717) is 31.6 Å². The van der Waals surface area contributed by atoms with Gasteiger partial charge in [0.25, 0.3) is 0 Å². The van der Waals surface area contributed by atoms with Gasteiger partial charge in [0.2, 0.25) is 21.8 Å². The van der Waals surface area contributed by atoms with Crippen molar-refractivity contribution in [2.24, 2.45) is 5.73 Å². The van der Waals surface area contributed by atoms with Crippen LogP contribution in [0.15, 0.2) is 59.5 Å². The van der Waals surface area contributed by atoms with Gasteiger partial charge in [0.05, 0.1) is 4.90 Å². The fraction of sp³-hybridized carbons (Fsp3) is 0.333. The zero-order valence-corrected chi connectivity index (χ0v) is 18.8. The van der Waals surface area contributed by atoms with Crippen LogP contribution in [0.1, 0.15) is 47.2 Å². The highest BCUT2D eigenvalue weighted by Crippen LogP contribution is 2.21. The molecule has 1 aliphatic heterocycles. The molecule has 3 rings (SSSR count). The van der Waals surface area contributed by atoms with Gasteiger partial charge >= 0.3 is 0 Å². The van der Waals surface area contributed by atoms with Crippen molar-refractivity contribution in [1.82, 2.24) is 9.62 Å². The number of nitrogens with one attached hydrogen (secondary N) is 1. The Hall–Kier alpha value is -2.97. The summed E-state index contributed by atoms with van der Waals surface area (Å²) < 4.78 is 27.2. The number of primary amides is 1. The summed E-state index contributed by atoms with van der Waals surface area (Å²) in [4.78, 5) is 23.6. The van der Waals surface area contributed by atoms with E-state index in [1.807, 2.05) is 6.07 Å². The fourth-order valence-electron chi connectivity index (χ4n) is 3.62. The molecule has 2 amide bonds. The third-order valence-corrected chi connectivity index (χ3v) is 7.35. The molecular weight excluding hydrogens is 426 g/mol. The second kappa shape index (κ2) is 11.1. The summed E-state index contributed by atoms with van der Waals surface area (Å²) in [6, 6.07) is 13.6. The lowest BCUT2D eigenvalue weighted by Gasteiger charge is -2.19. The number of nitrogens with zero attached hydrogens (tertiary/aromatic N) is 1. The molecule has 0 aliphatic carbocycles. The van der Waals surface area contributed by atoms with Gasteiger partial charge in [-0.1, -0.05) is 37.1 Å². The molecule has 1 fully saturated rings. The van der Waals surface area contributed by atoms with Gasteiger partial charge in [-0.05, 0) is 60.7 Å². The minimum absolute atomic E-state index is 0.252. The van der Waals surface area contributed by atoms with Crippen molar-refractivity contribution in [2.75, 3.05) is 19.6 Å². The average Bonchev–Trinajstić information content (AvgIpc) is 3.08. The van der Waals surface area contributed by atoms with E-state index in [0.717, 1.165) is 36.8 Å². The van der Waals surface area contributed by atoms with Gasteiger partial charge in [0.15, 0.2) is 0 Å². The van der Waals surface area contributed by atoms with Gasteiger partial charge in [0, 0.05) is 31.3 Å². The minimum Gasteiger partial charge on any atom is -0.366 e. The van der Waals surface area contributed by atoms with Crippen molar-refractivity contribution in [3.8, 4) is 0 Å². The molecular formula is C24H29N3O4S. The van der Waals surface area contributed by atoms with Crippen molar-refractivity contribution in [2.45, 2.75) is 37.0 Å². The Morgan fingerprint density at radius 2 is 1.69 bits per heavy atom. The first-order chi connectivity index (χ1) is 15.4. The van der Waals surface area contributed by atoms with E-state index in [2.05, 4.69) is 5.32 Å². The third-order valence-electron chi connectivity index (χ3n) is 5.43. The summed E-state index contributed by atoms with van der Waals surface area (Å²) in [7, 11) is -3.48. The summed E-state index contributed by atoms with van der Waals surface area (Å²) >= 11 is 0. The molecule has 8 heteroatoms. The van der Waals surface area contributed by atoms with Crippen LogP contribution in [0, 0.1) is 0 Å². The van der Waals surface area contributed by atoms with E-state index < -0.39 is 15.9 Å². The second-order valence-corrected chi connectivity index (χ2v) is 9.76. The smallest absolute Gasteiger partial charge is 0.248 e. The van der Waals surface area contributed by atoms with Crippen LogP contribution in [0.3, 0.4) is 0 Å². The number of amides is 2. The van der Waals surface area contributed by atoms with E-state index in [1.54, 1.807) is 52.8 Å². The van der Waals surface area contributed by atoms with Gasteiger partial charge in [0.1, 0.15) is 0 Å². The Morgan fingerprint density at radius 3 is 2.34 bits per heavy atom. The predicted octanol–water partition coefficient (Wildman–Crippen LogP) is 2.72. The molecule has 2 aromatic rings. The summed E-state index contributed by atoms with van der Waals surface area (Å²) in [5.41, 5.74) is 7.37. The highest BCUT2D eigenvalue weighted by molar-refractivity contribution is 7.89. The molecule has 0 aromatic heterocycles. The average molecular weight is 456 g/mol. The van der Waals surface area contributed by atoms with Gasteiger partial charge in [-0.15, -0.1) is 0 Å². The van der Waals surface area contributed by atoms with E-state index in [9.17, 15) is 18.0 Å². The van der Waals surface area contributed by atoms with Gasteiger partial charge in [-0.2, -0.15) is 4.31 Å². The van der Waals surface area contributed by atoms with E-state index >= 15 is 0 Å². The molecule has 170 valence electrons. The number of nitrogens with two attached hydrogens (primary N) is 1. The molecule has 0 bridgehead atoms. The molecule has 0 saturated carbocycles. The normalized spacial score (nSPS) is 15.4. The second-order valence-electron chi connectivity index (χ2n) is 7.83. The Labute approximate surface area is 189 Å². The monoisotopic (exact) mass is 455 g/mol. The van der Waals surface area contributed by atoms with Crippen molar-refractivity contribution >= 4 is 27.9 Å². The first-order valence-corrected chi connectivity index (χ1v) is 12.2. The largest absolute Gasteiger partial charge is 0.366 e. The molecule has 0 spiro atoms. The minimum atomic E-state index is -3.48. The van der Waals surface area contributed by atoms with E-state index in [1.165, 1.54) is 6.08 Å². The van der Waals surface area contributed by atoms with Crippen molar-refractivity contribution in [3.63, 3.8) is 0 Å². The maximum atomic E-state index is 12.8. The maximum absolute atomic E-state index is 12.8. The number of benzene rings is 2. The molecule has 7 nitrogen and oxygen atoms in total. The first kappa shape index (κ1) is 23.7. The molecule has 2 aromatic carbocycles. The molecule has 0 radical (unpaired) electrons. The van der Waals surface area contributed by atoms with Crippen LogP contribution in [0.2, 0.25) is 0 Å². The lowest BCUT2D eigenvalue weighted by atomic mass is 10.1. The zero-order valence-electron chi connectivity index (χ0n) is 18.0. The van der Waals surface area contributed by atoms with E-state index in [-0.39, 0.29) is 10.8 Å². The molecule has 0 unspecified atom stereocenters.